The van der Waals surface area contributed by atoms with E-state index in [0.29, 0.717) is 17.9 Å². The number of thioether (sulfide) groups is 1. The van der Waals surface area contributed by atoms with Crippen molar-refractivity contribution in [2.24, 2.45) is 5.92 Å². The van der Waals surface area contributed by atoms with Crippen LogP contribution < -0.4 is 10.6 Å². The van der Waals surface area contributed by atoms with Crippen LogP contribution in [-0.2, 0) is 25.7 Å². The number of fused-ring (bicyclic) bond motifs is 2. The summed E-state index contributed by atoms with van der Waals surface area (Å²) in [4.78, 5) is 52.9. The molecule has 0 spiro atoms. The topological polar surface area (TPSA) is 114 Å². The van der Waals surface area contributed by atoms with Gasteiger partial charge in [-0.05, 0) is 30.5 Å². The van der Waals surface area contributed by atoms with Crippen LogP contribution in [0.15, 0.2) is 30.4 Å². The Balaban J connectivity index is 2.21. The molecular weight excluding hydrogens is 406 g/mol. The number of esters is 1. The standard InChI is InChI=1S/C21H27N3O5S/c1-13(2)19-21(28)29-16(8-4-5-10-30-14(3)25)11-18(26)22-12-15-7-6-9-17(23-15)20(27)24-19/h4,6-9,13,16,19H,5,10-12H2,1-3H3,(H,22,26)(H,24,27)/b8-4+/t16-,19+/m1/s1. The van der Waals surface area contributed by atoms with Gasteiger partial charge in [0.1, 0.15) is 17.8 Å². The van der Waals surface area contributed by atoms with Gasteiger partial charge in [0.25, 0.3) is 5.91 Å². The van der Waals surface area contributed by atoms with Crippen LogP contribution in [0.2, 0.25) is 0 Å². The summed E-state index contributed by atoms with van der Waals surface area (Å²) in [6, 6.07) is 4.06. The maximum atomic E-state index is 12.8. The Labute approximate surface area is 180 Å². The van der Waals surface area contributed by atoms with Crippen molar-refractivity contribution in [3.05, 3.63) is 41.7 Å². The van der Waals surface area contributed by atoms with E-state index in [1.54, 1.807) is 44.2 Å². The van der Waals surface area contributed by atoms with E-state index in [4.69, 9.17) is 4.74 Å². The first-order chi connectivity index (χ1) is 14.3. The van der Waals surface area contributed by atoms with Gasteiger partial charge in [-0.1, -0.05) is 37.8 Å². The highest BCUT2D eigenvalue weighted by molar-refractivity contribution is 8.13. The third-order valence-corrected chi connectivity index (χ3v) is 5.15. The molecule has 2 amide bonds. The van der Waals surface area contributed by atoms with E-state index in [1.807, 2.05) is 0 Å². The van der Waals surface area contributed by atoms with Crippen LogP contribution in [-0.4, -0.2) is 45.8 Å². The lowest BCUT2D eigenvalue weighted by atomic mass is 10.0. The Morgan fingerprint density at radius 3 is 2.80 bits per heavy atom. The predicted molar refractivity (Wildman–Crippen MR) is 114 cm³/mol. The van der Waals surface area contributed by atoms with E-state index in [2.05, 4.69) is 15.6 Å². The first kappa shape index (κ1) is 23.6. The highest BCUT2D eigenvalue weighted by Crippen LogP contribution is 2.12. The molecule has 162 valence electrons. The zero-order valence-corrected chi connectivity index (χ0v) is 18.2. The summed E-state index contributed by atoms with van der Waals surface area (Å²) in [6.45, 7) is 5.25. The van der Waals surface area contributed by atoms with Crippen LogP contribution >= 0.6 is 11.8 Å². The molecule has 0 aromatic carbocycles. The van der Waals surface area contributed by atoms with Gasteiger partial charge in [0.05, 0.1) is 18.7 Å². The number of nitrogens with one attached hydrogen (secondary N) is 2. The molecule has 1 aromatic rings. The summed E-state index contributed by atoms with van der Waals surface area (Å²) >= 11 is 1.20. The largest absolute Gasteiger partial charge is 0.456 e. The van der Waals surface area contributed by atoms with E-state index in [1.165, 1.54) is 18.7 Å². The van der Waals surface area contributed by atoms with Gasteiger partial charge in [0.2, 0.25) is 5.91 Å². The quantitative estimate of drug-likeness (QED) is 0.415. The zero-order chi connectivity index (χ0) is 22.1. The smallest absolute Gasteiger partial charge is 0.329 e. The fraction of sp³-hybridized carbons (Fsp3) is 0.476. The van der Waals surface area contributed by atoms with Gasteiger partial charge in [-0.2, -0.15) is 0 Å². The van der Waals surface area contributed by atoms with Crippen LogP contribution in [0, 0.1) is 5.92 Å². The number of nitrogens with zero attached hydrogens (tertiary/aromatic N) is 1. The molecule has 0 unspecified atom stereocenters. The lowest BCUT2D eigenvalue weighted by Crippen LogP contribution is -2.46. The number of carbonyl (C=O) groups excluding carboxylic acids is 4. The first-order valence-electron chi connectivity index (χ1n) is 9.80. The van der Waals surface area contributed by atoms with E-state index in [-0.39, 0.29) is 35.6 Å². The Morgan fingerprint density at radius 1 is 1.33 bits per heavy atom. The van der Waals surface area contributed by atoms with Gasteiger partial charge in [0, 0.05) is 12.7 Å². The van der Waals surface area contributed by atoms with E-state index < -0.39 is 24.0 Å². The number of ether oxygens (including phenoxy) is 1. The summed E-state index contributed by atoms with van der Waals surface area (Å²) < 4.78 is 5.55. The average Bonchev–Trinajstić information content (AvgIpc) is 2.69. The SMILES string of the molecule is CC(=O)SCC/C=C/[C@@H]1CC(=O)NCc2cccc(n2)C(=O)N[C@@H](C(C)C)C(=O)O1. The number of carbonyl (C=O) groups is 4. The van der Waals surface area contributed by atoms with Crippen molar-refractivity contribution in [3.63, 3.8) is 0 Å². The third kappa shape index (κ3) is 7.62. The predicted octanol–water partition coefficient (Wildman–Crippen LogP) is 1.99. The molecule has 1 aromatic heterocycles. The number of hydrogen-bond donors (Lipinski definition) is 2. The van der Waals surface area contributed by atoms with E-state index in [0.717, 1.165) is 0 Å². The fourth-order valence-electron chi connectivity index (χ4n) is 2.75. The van der Waals surface area contributed by atoms with Crippen molar-refractivity contribution in [3.8, 4) is 0 Å². The van der Waals surface area contributed by atoms with Gasteiger partial charge in [0.15, 0.2) is 5.12 Å². The maximum Gasteiger partial charge on any atom is 0.329 e. The van der Waals surface area contributed by atoms with Gasteiger partial charge >= 0.3 is 5.97 Å². The Hall–Kier alpha value is -2.68. The first-order valence-corrected chi connectivity index (χ1v) is 10.8. The molecule has 1 aliphatic heterocycles. The molecule has 0 aliphatic carbocycles. The molecular formula is C21H27N3O5S. The van der Waals surface area contributed by atoms with E-state index in [9.17, 15) is 19.2 Å². The number of pyridine rings is 1. The lowest BCUT2D eigenvalue weighted by molar-refractivity contribution is -0.151. The molecule has 8 nitrogen and oxygen atoms in total. The maximum absolute atomic E-state index is 12.8. The van der Waals surface area contributed by atoms with Gasteiger partial charge < -0.3 is 15.4 Å². The molecule has 2 bridgehead atoms. The van der Waals surface area contributed by atoms with Gasteiger partial charge in [-0.25, -0.2) is 9.78 Å². The molecule has 30 heavy (non-hydrogen) atoms. The van der Waals surface area contributed by atoms with E-state index >= 15 is 0 Å². The molecule has 2 heterocycles. The molecule has 0 saturated heterocycles. The summed E-state index contributed by atoms with van der Waals surface area (Å²) in [7, 11) is 0. The molecule has 0 radical (unpaired) electrons. The van der Waals surface area contributed by atoms with Crippen LogP contribution in [0.4, 0.5) is 0 Å². The number of aromatic nitrogens is 1. The van der Waals surface area contributed by atoms with Crippen molar-refractivity contribution < 1.29 is 23.9 Å². The van der Waals surface area contributed by atoms with Crippen LogP contribution in [0.1, 0.15) is 49.8 Å². The normalized spacial score (nSPS) is 20.6. The minimum atomic E-state index is -0.879. The monoisotopic (exact) mass is 433 g/mol. The highest BCUT2D eigenvalue weighted by Gasteiger charge is 2.29. The fourth-order valence-corrected chi connectivity index (χ4v) is 3.29. The Kier molecular flexibility index (Phi) is 9.04. The number of allylic oxidation sites excluding steroid dienone is 1. The average molecular weight is 434 g/mol. The molecule has 0 saturated carbocycles. The Bertz CT molecular complexity index is 825. The second-order valence-electron chi connectivity index (χ2n) is 7.22. The van der Waals surface area contributed by atoms with Crippen LogP contribution in [0.25, 0.3) is 0 Å². The number of cyclic esters (lactones) is 1. The molecule has 2 N–H and O–H groups in total. The van der Waals surface area contributed by atoms with Crippen molar-refractivity contribution in [1.29, 1.82) is 0 Å². The second kappa shape index (κ2) is 11.5. The minimum Gasteiger partial charge on any atom is -0.456 e. The molecule has 2 atom stereocenters. The molecule has 0 fully saturated rings. The molecule has 1 aliphatic rings. The Morgan fingerprint density at radius 2 is 2.10 bits per heavy atom. The number of hydrogen-bond acceptors (Lipinski definition) is 7. The lowest BCUT2D eigenvalue weighted by Gasteiger charge is -2.23. The van der Waals surface area contributed by atoms with Crippen molar-refractivity contribution in [1.82, 2.24) is 15.6 Å². The highest BCUT2D eigenvalue weighted by atomic mass is 32.2. The third-order valence-electron chi connectivity index (χ3n) is 4.31. The minimum absolute atomic E-state index is 0.0316. The summed E-state index contributed by atoms with van der Waals surface area (Å²) in [5, 5.41) is 5.45. The molecule has 2 rings (SSSR count). The summed E-state index contributed by atoms with van der Waals surface area (Å²) in [6.07, 6.45) is 3.19. The van der Waals surface area contributed by atoms with Gasteiger partial charge in [-0.15, -0.1) is 0 Å². The number of rotatable bonds is 5. The second-order valence-corrected chi connectivity index (χ2v) is 8.49. The summed E-state index contributed by atoms with van der Waals surface area (Å²) in [5.41, 5.74) is 0.704. The molecule has 9 heteroatoms. The van der Waals surface area contributed by atoms with Crippen molar-refractivity contribution >= 4 is 34.7 Å². The van der Waals surface area contributed by atoms with Crippen molar-refractivity contribution in [2.75, 3.05) is 5.75 Å². The van der Waals surface area contributed by atoms with Crippen LogP contribution in [0.5, 0.6) is 0 Å². The number of amides is 2. The van der Waals surface area contributed by atoms with Gasteiger partial charge in [-0.3, -0.25) is 14.4 Å². The zero-order valence-electron chi connectivity index (χ0n) is 17.3. The summed E-state index contributed by atoms with van der Waals surface area (Å²) in [5.74, 6) is -1.02. The van der Waals surface area contributed by atoms with Crippen molar-refractivity contribution in [2.45, 2.75) is 52.3 Å². The van der Waals surface area contributed by atoms with Crippen LogP contribution in [0.3, 0.4) is 0 Å².